The number of aliphatic hydroxyl groups excluding tert-OH is 1. The van der Waals surface area contributed by atoms with E-state index in [9.17, 15) is 9.90 Å². The lowest BCUT2D eigenvalue weighted by molar-refractivity contribution is -0.136. The van der Waals surface area contributed by atoms with Gasteiger partial charge in [-0.1, -0.05) is 18.2 Å². The lowest BCUT2D eigenvalue weighted by Gasteiger charge is -2.12. The fourth-order valence-corrected chi connectivity index (χ4v) is 2.09. The first-order chi connectivity index (χ1) is 11.5. The molecule has 1 aromatic carbocycles. The molecule has 7 nitrogen and oxygen atoms in total. The predicted molar refractivity (Wildman–Crippen MR) is 97.0 cm³/mol. The maximum Gasteiger partial charge on any atom is 0.307 e. The highest BCUT2D eigenvalue weighted by atomic mass is 35.5. The van der Waals surface area contributed by atoms with Crippen LogP contribution < -0.4 is 15.8 Å². The van der Waals surface area contributed by atoms with E-state index < -0.39 is 12.1 Å². The van der Waals surface area contributed by atoms with Gasteiger partial charge in [0.05, 0.1) is 12.5 Å². The predicted octanol–water partition coefficient (Wildman–Crippen LogP) is 1.41. The van der Waals surface area contributed by atoms with Gasteiger partial charge in [0.1, 0.15) is 18.2 Å². The Morgan fingerprint density at radius 1 is 1.24 bits per heavy atom. The van der Waals surface area contributed by atoms with E-state index in [2.05, 4.69) is 10.3 Å². The van der Waals surface area contributed by atoms with Crippen molar-refractivity contribution in [1.82, 2.24) is 10.3 Å². The summed E-state index contributed by atoms with van der Waals surface area (Å²) in [5.41, 5.74) is 6.93. The van der Waals surface area contributed by atoms with Crippen LogP contribution in [0.2, 0.25) is 0 Å². The molecule has 1 heterocycles. The van der Waals surface area contributed by atoms with E-state index in [4.69, 9.17) is 15.6 Å². The van der Waals surface area contributed by atoms with E-state index in [0.717, 1.165) is 5.56 Å². The average Bonchev–Trinajstić information content (AvgIpc) is 2.56. The van der Waals surface area contributed by atoms with Crippen LogP contribution in [0.3, 0.4) is 0 Å². The number of carbonyl (C=O) groups is 1. The van der Waals surface area contributed by atoms with Crippen molar-refractivity contribution in [1.29, 1.82) is 0 Å². The number of hydrogen-bond acceptors (Lipinski definition) is 6. The van der Waals surface area contributed by atoms with E-state index >= 15 is 0 Å². The standard InChI is InChI=1S/C17H21N3O4.ClH/c18-16-6-3-13(10-20-16)15(21)11-19-7-8-24-14-4-1-12(2-5-14)9-17(22)23;/h1-6,10,15,19,21H,7-9,11H2,(H2,18,20)(H,22,23);1H/t15-;/m0./s1. The molecule has 0 fully saturated rings. The number of rotatable bonds is 9. The molecule has 5 N–H and O–H groups in total. The molecule has 2 rings (SSSR count). The Hall–Kier alpha value is -2.35. The highest BCUT2D eigenvalue weighted by Crippen LogP contribution is 2.13. The summed E-state index contributed by atoms with van der Waals surface area (Å²) < 4.78 is 5.55. The smallest absolute Gasteiger partial charge is 0.307 e. The third-order valence-corrected chi connectivity index (χ3v) is 3.36. The van der Waals surface area contributed by atoms with Crippen LogP contribution in [-0.2, 0) is 11.2 Å². The van der Waals surface area contributed by atoms with E-state index in [1.165, 1.54) is 0 Å². The Morgan fingerprint density at radius 3 is 2.56 bits per heavy atom. The highest BCUT2D eigenvalue weighted by molar-refractivity contribution is 5.85. The second-order valence-corrected chi connectivity index (χ2v) is 5.30. The second-order valence-electron chi connectivity index (χ2n) is 5.30. The topological polar surface area (TPSA) is 118 Å². The molecule has 1 atom stereocenters. The zero-order valence-electron chi connectivity index (χ0n) is 13.6. The van der Waals surface area contributed by atoms with Gasteiger partial charge in [0.15, 0.2) is 0 Å². The number of nitrogen functional groups attached to an aromatic ring is 1. The molecule has 1 aromatic heterocycles. The summed E-state index contributed by atoms with van der Waals surface area (Å²) in [5, 5.41) is 21.8. The van der Waals surface area contributed by atoms with Gasteiger partial charge in [0.25, 0.3) is 0 Å². The number of nitrogens with one attached hydrogen (secondary N) is 1. The fraction of sp³-hybridized carbons (Fsp3) is 0.294. The minimum absolute atomic E-state index is 0. The normalized spacial score (nSPS) is 11.4. The van der Waals surface area contributed by atoms with Gasteiger partial charge in [0.2, 0.25) is 0 Å². The molecule has 0 unspecified atom stereocenters. The lowest BCUT2D eigenvalue weighted by atomic mass is 10.1. The SMILES string of the molecule is Cl.Nc1ccc([C@@H](O)CNCCOc2ccc(CC(=O)O)cc2)cn1. The second kappa shape index (κ2) is 10.5. The van der Waals surface area contributed by atoms with Crippen LogP contribution in [-0.4, -0.2) is 40.9 Å². The number of carboxylic acid groups (broad SMARTS) is 1. The van der Waals surface area contributed by atoms with Crippen LogP contribution in [0.15, 0.2) is 42.6 Å². The number of benzene rings is 1. The maximum absolute atomic E-state index is 10.6. The number of pyridine rings is 1. The fourth-order valence-electron chi connectivity index (χ4n) is 2.09. The average molecular weight is 368 g/mol. The van der Waals surface area contributed by atoms with Gasteiger partial charge in [-0.25, -0.2) is 4.98 Å². The van der Waals surface area contributed by atoms with Crippen molar-refractivity contribution in [2.75, 3.05) is 25.4 Å². The number of nitrogens with two attached hydrogens (primary N) is 1. The molecule has 0 aliphatic heterocycles. The largest absolute Gasteiger partial charge is 0.492 e. The maximum atomic E-state index is 10.6. The Morgan fingerprint density at radius 2 is 1.96 bits per heavy atom. The molecule has 2 aromatic rings. The van der Waals surface area contributed by atoms with Crippen LogP contribution in [0.5, 0.6) is 5.75 Å². The third-order valence-electron chi connectivity index (χ3n) is 3.36. The van der Waals surface area contributed by atoms with Crippen LogP contribution in [0.4, 0.5) is 5.82 Å². The highest BCUT2D eigenvalue weighted by Gasteiger charge is 2.07. The quantitative estimate of drug-likeness (QED) is 0.495. The Kier molecular flexibility index (Phi) is 8.69. The monoisotopic (exact) mass is 367 g/mol. The number of nitrogens with zero attached hydrogens (tertiary/aromatic N) is 1. The molecule has 136 valence electrons. The van der Waals surface area contributed by atoms with E-state index in [0.29, 0.717) is 36.8 Å². The van der Waals surface area contributed by atoms with Gasteiger partial charge in [-0.3, -0.25) is 4.79 Å². The number of hydrogen-bond donors (Lipinski definition) is 4. The number of halogens is 1. The molecule has 0 saturated carbocycles. The summed E-state index contributed by atoms with van der Waals surface area (Å²) in [6, 6.07) is 10.3. The van der Waals surface area contributed by atoms with Crippen LogP contribution in [0.1, 0.15) is 17.2 Å². The van der Waals surface area contributed by atoms with Crippen molar-refractivity contribution >= 4 is 24.2 Å². The number of aliphatic hydroxyl groups is 1. The van der Waals surface area contributed by atoms with E-state index in [1.807, 2.05) is 0 Å². The van der Waals surface area contributed by atoms with Crippen molar-refractivity contribution in [2.24, 2.45) is 0 Å². The molecule has 0 bridgehead atoms. The van der Waals surface area contributed by atoms with E-state index in [1.54, 1.807) is 42.6 Å². The molecule has 0 radical (unpaired) electrons. The molecule has 0 spiro atoms. The van der Waals surface area contributed by atoms with Gasteiger partial charge in [0, 0.05) is 24.8 Å². The van der Waals surface area contributed by atoms with Crippen LogP contribution in [0, 0.1) is 0 Å². The number of aromatic nitrogens is 1. The van der Waals surface area contributed by atoms with Crippen molar-refractivity contribution in [3.63, 3.8) is 0 Å². The summed E-state index contributed by atoms with van der Waals surface area (Å²) in [5.74, 6) is 0.235. The van der Waals surface area contributed by atoms with E-state index in [-0.39, 0.29) is 18.8 Å². The van der Waals surface area contributed by atoms with Crippen molar-refractivity contribution < 1.29 is 19.7 Å². The Bertz CT molecular complexity index is 650. The molecular weight excluding hydrogens is 346 g/mol. The summed E-state index contributed by atoms with van der Waals surface area (Å²) >= 11 is 0. The zero-order valence-corrected chi connectivity index (χ0v) is 14.4. The molecular formula is C17H22ClN3O4. The molecule has 25 heavy (non-hydrogen) atoms. The van der Waals surface area contributed by atoms with Crippen molar-refractivity contribution in [3.05, 3.63) is 53.7 Å². The summed E-state index contributed by atoms with van der Waals surface area (Å²) in [6.45, 7) is 1.38. The summed E-state index contributed by atoms with van der Waals surface area (Å²) in [4.78, 5) is 14.5. The van der Waals surface area contributed by atoms with Gasteiger partial charge >= 0.3 is 5.97 Å². The first-order valence-electron chi connectivity index (χ1n) is 7.58. The minimum atomic E-state index is -0.859. The zero-order chi connectivity index (χ0) is 17.4. The molecule has 0 aliphatic carbocycles. The van der Waals surface area contributed by atoms with Crippen molar-refractivity contribution in [2.45, 2.75) is 12.5 Å². The number of anilines is 1. The molecule has 8 heteroatoms. The lowest BCUT2D eigenvalue weighted by Crippen LogP contribution is -2.26. The molecule has 0 aliphatic rings. The third kappa shape index (κ3) is 7.38. The Balaban J connectivity index is 0.00000312. The number of ether oxygens (including phenoxy) is 1. The van der Waals surface area contributed by atoms with Gasteiger partial charge in [-0.2, -0.15) is 0 Å². The van der Waals surface area contributed by atoms with Crippen LogP contribution in [0.25, 0.3) is 0 Å². The summed E-state index contributed by atoms with van der Waals surface area (Å²) in [7, 11) is 0. The minimum Gasteiger partial charge on any atom is -0.492 e. The van der Waals surface area contributed by atoms with Crippen LogP contribution >= 0.6 is 12.4 Å². The number of aliphatic carboxylic acids is 1. The number of carboxylic acids is 1. The van der Waals surface area contributed by atoms with Crippen molar-refractivity contribution in [3.8, 4) is 5.75 Å². The first-order valence-corrected chi connectivity index (χ1v) is 7.58. The van der Waals surface area contributed by atoms with Gasteiger partial charge in [-0.05, 0) is 23.8 Å². The van der Waals surface area contributed by atoms with Gasteiger partial charge < -0.3 is 26.0 Å². The summed E-state index contributed by atoms with van der Waals surface area (Å²) in [6.07, 6.45) is 0.893. The Labute approximate surface area is 152 Å². The van der Waals surface area contributed by atoms with Gasteiger partial charge in [-0.15, -0.1) is 12.4 Å². The molecule has 0 amide bonds. The first kappa shape index (κ1) is 20.7. The molecule has 0 saturated heterocycles.